The van der Waals surface area contributed by atoms with Crippen molar-refractivity contribution >= 4 is 11.4 Å². The zero-order valence-electron chi connectivity index (χ0n) is 9.57. The molecule has 0 bridgehead atoms. The Hall–Kier alpha value is -1.70. The fraction of sp³-hybridized carbons (Fsp3) is 0.231. The number of nitrogens with zero attached hydrogens (tertiary/aromatic N) is 1. The highest BCUT2D eigenvalue weighted by Crippen LogP contribution is 2.22. The first kappa shape index (κ1) is 11.4. The predicted molar refractivity (Wildman–Crippen MR) is 67.7 cm³/mol. The minimum Gasteiger partial charge on any atom is -0.399 e. The Morgan fingerprint density at radius 2 is 1.73 bits per heavy atom. The quantitative estimate of drug-likeness (QED) is 0.761. The Bertz CT molecular complexity index is 366. The highest BCUT2D eigenvalue weighted by molar-refractivity contribution is 5.62. The fourth-order valence-electron chi connectivity index (χ4n) is 1.50. The summed E-state index contributed by atoms with van der Waals surface area (Å²) >= 11 is 0. The molecule has 0 aliphatic heterocycles. The van der Waals surface area contributed by atoms with Crippen LogP contribution in [0.4, 0.5) is 11.4 Å². The van der Waals surface area contributed by atoms with Gasteiger partial charge in [-0.05, 0) is 44.5 Å². The molecule has 1 aromatic rings. The highest BCUT2D eigenvalue weighted by Gasteiger charge is 2.02. The van der Waals surface area contributed by atoms with E-state index in [0.717, 1.165) is 11.4 Å². The van der Waals surface area contributed by atoms with E-state index < -0.39 is 0 Å². The summed E-state index contributed by atoms with van der Waals surface area (Å²) < 4.78 is 0. The molecule has 0 atom stereocenters. The summed E-state index contributed by atoms with van der Waals surface area (Å²) in [6.45, 7) is 6.07. The maximum atomic E-state index is 5.72. The number of rotatable bonds is 3. The molecule has 0 saturated heterocycles. The van der Waals surface area contributed by atoms with Gasteiger partial charge in [0.15, 0.2) is 0 Å². The standard InChI is InChI=1S/C13H18N2/c1-4-8-15(9-5-2)13-7-6-12(14)10-11(13)3/h4-10H,14H2,1-3H3. The molecular formula is C13H18N2. The van der Waals surface area contributed by atoms with Crippen LogP contribution in [0, 0.1) is 6.92 Å². The molecular weight excluding hydrogens is 184 g/mol. The summed E-state index contributed by atoms with van der Waals surface area (Å²) in [6.07, 6.45) is 8.07. The van der Waals surface area contributed by atoms with Gasteiger partial charge in [-0.1, -0.05) is 12.2 Å². The number of aryl methyl sites for hydroxylation is 1. The highest BCUT2D eigenvalue weighted by atomic mass is 15.1. The molecule has 1 rings (SSSR count). The van der Waals surface area contributed by atoms with Crippen LogP contribution in [0.2, 0.25) is 0 Å². The molecule has 15 heavy (non-hydrogen) atoms. The SMILES string of the molecule is CC=CN(C=CC)c1ccc(N)cc1C. The minimum atomic E-state index is 0.803. The molecule has 2 N–H and O–H groups in total. The van der Waals surface area contributed by atoms with Crippen LogP contribution >= 0.6 is 0 Å². The van der Waals surface area contributed by atoms with Crippen molar-refractivity contribution in [3.8, 4) is 0 Å². The molecule has 0 radical (unpaired) electrons. The molecule has 0 saturated carbocycles. The second kappa shape index (κ2) is 5.25. The normalized spacial score (nSPS) is 11.4. The molecule has 0 amide bonds. The molecule has 0 spiro atoms. The van der Waals surface area contributed by atoms with Gasteiger partial charge in [0.2, 0.25) is 0 Å². The maximum Gasteiger partial charge on any atom is 0.0479 e. The summed E-state index contributed by atoms with van der Waals surface area (Å²) in [4.78, 5) is 2.08. The summed E-state index contributed by atoms with van der Waals surface area (Å²) in [5, 5.41) is 0. The lowest BCUT2D eigenvalue weighted by molar-refractivity contribution is 1.23. The second-order valence-electron chi connectivity index (χ2n) is 3.42. The third kappa shape index (κ3) is 2.88. The molecule has 0 unspecified atom stereocenters. The number of hydrogen-bond acceptors (Lipinski definition) is 2. The van der Waals surface area contributed by atoms with E-state index in [1.165, 1.54) is 5.56 Å². The second-order valence-corrected chi connectivity index (χ2v) is 3.42. The van der Waals surface area contributed by atoms with Gasteiger partial charge in [0.25, 0.3) is 0 Å². The number of benzene rings is 1. The van der Waals surface area contributed by atoms with E-state index >= 15 is 0 Å². The Balaban J connectivity index is 3.11. The van der Waals surface area contributed by atoms with Crippen LogP contribution in [-0.2, 0) is 0 Å². The average Bonchev–Trinajstić information content (AvgIpc) is 2.17. The number of nitrogen functional groups attached to an aromatic ring is 1. The van der Waals surface area contributed by atoms with Crippen molar-refractivity contribution in [2.75, 3.05) is 10.6 Å². The Morgan fingerprint density at radius 3 is 2.20 bits per heavy atom. The molecule has 0 aliphatic rings. The largest absolute Gasteiger partial charge is 0.399 e. The van der Waals surface area contributed by atoms with Crippen LogP contribution in [-0.4, -0.2) is 0 Å². The average molecular weight is 202 g/mol. The van der Waals surface area contributed by atoms with Crippen molar-refractivity contribution in [2.45, 2.75) is 20.8 Å². The maximum absolute atomic E-state index is 5.72. The lowest BCUT2D eigenvalue weighted by atomic mass is 10.1. The van der Waals surface area contributed by atoms with E-state index in [1.54, 1.807) is 0 Å². The van der Waals surface area contributed by atoms with Gasteiger partial charge in [-0.3, -0.25) is 0 Å². The summed E-state index contributed by atoms with van der Waals surface area (Å²) in [5.41, 5.74) is 8.85. The van der Waals surface area contributed by atoms with Gasteiger partial charge in [0.05, 0.1) is 0 Å². The summed E-state index contributed by atoms with van der Waals surface area (Å²) in [5.74, 6) is 0. The molecule has 0 aromatic heterocycles. The summed E-state index contributed by atoms with van der Waals surface area (Å²) in [7, 11) is 0. The van der Waals surface area contributed by atoms with Crippen LogP contribution in [0.15, 0.2) is 42.8 Å². The van der Waals surface area contributed by atoms with Gasteiger partial charge in [0.1, 0.15) is 0 Å². The number of nitrogens with two attached hydrogens (primary N) is 1. The fourth-order valence-corrected chi connectivity index (χ4v) is 1.50. The Kier molecular flexibility index (Phi) is 3.98. The van der Waals surface area contributed by atoms with Crippen molar-refractivity contribution in [1.82, 2.24) is 0 Å². The molecule has 0 aliphatic carbocycles. The van der Waals surface area contributed by atoms with Crippen molar-refractivity contribution in [1.29, 1.82) is 0 Å². The zero-order chi connectivity index (χ0) is 11.3. The van der Waals surface area contributed by atoms with E-state index in [9.17, 15) is 0 Å². The third-order valence-electron chi connectivity index (χ3n) is 2.12. The van der Waals surface area contributed by atoms with Crippen molar-refractivity contribution in [2.24, 2.45) is 0 Å². The predicted octanol–water partition coefficient (Wildman–Crippen LogP) is 3.45. The number of anilines is 2. The summed E-state index contributed by atoms with van der Waals surface area (Å²) in [6, 6.07) is 5.93. The van der Waals surface area contributed by atoms with Crippen LogP contribution < -0.4 is 10.6 Å². The molecule has 2 heteroatoms. The van der Waals surface area contributed by atoms with E-state index in [-0.39, 0.29) is 0 Å². The lowest BCUT2D eigenvalue weighted by Crippen LogP contribution is -2.08. The van der Waals surface area contributed by atoms with Gasteiger partial charge in [-0.15, -0.1) is 0 Å². The topological polar surface area (TPSA) is 29.3 Å². The van der Waals surface area contributed by atoms with Gasteiger partial charge in [0, 0.05) is 23.8 Å². The van der Waals surface area contributed by atoms with Gasteiger partial charge >= 0.3 is 0 Å². The first-order chi connectivity index (χ1) is 7.19. The first-order valence-electron chi connectivity index (χ1n) is 5.09. The first-order valence-corrected chi connectivity index (χ1v) is 5.09. The molecule has 0 fully saturated rings. The number of hydrogen-bond donors (Lipinski definition) is 1. The van der Waals surface area contributed by atoms with Crippen LogP contribution in [0.3, 0.4) is 0 Å². The monoisotopic (exact) mass is 202 g/mol. The van der Waals surface area contributed by atoms with E-state index in [0.29, 0.717) is 0 Å². The lowest BCUT2D eigenvalue weighted by Gasteiger charge is -2.18. The van der Waals surface area contributed by atoms with Crippen LogP contribution in [0.1, 0.15) is 19.4 Å². The van der Waals surface area contributed by atoms with Crippen LogP contribution in [0.25, 0.3) is 0 Å². The molecule has 2 nitrogen and oxygen atoms in total. The number of allylic oxidation sites excluding steroid dienone is 2. The van der Waals surface area contributed by atoms with Crippen molar-refractivity contribution in [3.05, 3.63) is 48.3 Å². The van der Waals surface area contributed by atoms with E-state index in [2.05, 4.69) is 11.8 Å². The molecule has 0 heterocycles. The van der Waals surface area contributed by atoms with Crippen molar-refractivity contribution in [3.63, 3.8) is 0 Å². The van der Waals surface area contributed by atoms with Gasteiger partial charge in [-0.25, -0.2) is 0 Å². The smallest absolute Gasteiger partial charge is 0.0479 e. The molecule has 80 valence electrons. The van der Waals surface area contributed by atoms with E-state index in [4.69, 9.17) is 5.73 Å². The van der Waals surface area contributed by atoms with Crippen LogP contribution in [0.5, 0.6) is 0 Å². The Morgan fingerprint density at radius 1 is 1.13 bits per heavy atom. The van der Waals surface area contributed by atoms with Crippen molar-refractivity contribution < 1.29 is 0 Å². The third-order valence-corrected chi connectivity index (χ3v) is 2.12. The van der Waals surface area contributed by atoms with E-state index in [1.807, 2.05) is 56.6 Å². The van der Waals surface area contributed by atoms with Gasteiger partial charge in [-0.2, -0.15) is 0 Å². The molecule has 1 aromatic carbocycles. The zero-order valence-corrected chi connectivity index (χ0v) is 9.57. The minimum absolute atomic E-state index is 0.803. The van der Waals surface area contributed by atoms with Gasteiger partial charge < -0.3 is 10.6 Å². The Labute approximate surface area is 91.7 Å².